The summed E-state index contributed by atoms with van der Waals surface area (Å²) in [6.07, 6.45) is 0. The second-order valence-electron chi connectivity index (χ2n) is 4.34. The van der Waals surface area contributed by atoms with Gasteiger partial charge in [0, 0.05) is 21.2 Å². The molecule has 19 heavy (non-hydrogen) atoms. The van der Waals surface area contributed by atoms with Crippen LogP contribution >= 0.6 is 11.3 Å². The zero-order chi connectivity index (χ0) is 14.3. The number of carboxylic acid groups (broad SMARTS) is 1. The van der Waals surface area contributed by atoms with E-state index in [-0.39, 0.29) is 16.4 Å². The molecular weight excluding hydrogens is 264 g/mol. The lowest BCUT2D eigenvalue weighted by molar-refractivity contribution is 0.0701. The van der Waals surface area contributed by atoms with E-state index >= 15 is 0 Å². The summed E-state index contributed by atoms with van der Waals surface area (Å²) in [5.74, 6) is -1.32. The number of aromatic carboxylic acids is 1. The molecule has 1 N–H and O–H groups in total. The Labute approximate surface area is 113 Å². The van der Waals surface area contributed by atoms with E-state index < -0.39 is 5.97 Å². The van der Waals surface area contributed by atoms with Crippen molar-refractivity contribution in [3.05, 3.63) is 33.7 Å². The van der Waals surface area contributed by atoms with E-state index in [0.717, 1.165) is 11.3 Å². The van der Waals surface area contributed by atoms with E-state index in [1.165, 1.54) is 13.8 Å². The SMILES string of the molecule is CC(=O)c1ccc(C(C)=O)c2c(C)c(C(=O)O)sc12. The number of carboxylic acids is 1. The largest absolute Gasteiger partial charge is 0.477 e. The van der Waals surface area contributed by atoms with Crippen LogP contribution in [0.4, 0.5) is 0 Å². The molecule has 0 aliphatic heterocycles. The zero-order valence-corrected chi connectivity index (χ0v) is 11.6. The predicted octanol–water partition coefficient (Wildman–Crippen LogP) is 3.31. The quantitative estimate of drug-likeness (QED) is 0.873. The van der Waals surface area contributed by atoms with Gasteiger partial charge in [0.2, 0.25) is 0 Å². The number of hydrogen-bond donors (Lipinski definition) is 1. The maximum Gasteiger partial charge on any atom is 0.346 e. The fourth-order valence-electron chi connectivity index (χ4n) is 2.13. The standard InChI is InChI=1S/C14H12O4S/c1-6-11-9(7(2)15)4-5-10(8(3)16)13(11)19-12(6)14(17)18/h4-5H,1-3H3,(H,17,18). The maximum absolute atomic E-state index is 11.6. The van der Waals surface area contributed by atoms with Crippen LogP contribution in [0.25, 0.3) is 10.1 Å². The summed E-state index contributed by atoms with van der Waals surface area (Å²) in [4.78, 5) is 34.6. The van der Waals surface area contributed by atoms with Gasteiger partial charge in [0.25, 0.3) is 0 Å². The number of fused-ring (bicyclic) bond motifs is 1. The number of aryl methyl sites for hydroxylation is 1. The number of hydrogen-bond acceptors (Lipinski definition) is 4. The highest BCUT2D eigenvalue weighted by molar-refractivity contribution is 7.21. The molecule has 98 valence electrons. The molecule has 1 aromatic carbocycles. The molecule has 0 amide bonds. The Morgan fingerprint density at radius 2 is 1.58 bits per heavy atom. The van der Waals surface area contributed by atoms with Crippen LogP contribution in [-0.4, -0.2) is 22.6 Å². The fraction of sp³-hybridized carbons (Fsp3) is 0.214. The van der Waals surface area contributed by atoms with Gasteiger partial charge >= 0.3 is 5.97 Å². The summed E-state index contributed by atoms with van der Waals surface area (Å²) < 4.78 is 0.579. The molecule has 0 fully saturated rings. The number of ketones is 2. The Bertz CT molecular complexity index is 725. The van der Waals surface area contributed by atoms with Crippen molar-refractivity contribution in [3.63, 3.8) is 0 Å². The Kier molecular flexibility index (Phi) is 3.24. The van der Waals surface area contributed by atoms with Gasteiger partial charge in [0.05, 0.1) is 0 Å². The van der Waals surface area contributed by atoms with Gasteiger partial charge in [-0.15, -0.1) is 11.3 Å². The highest BCUT2D eigenvalue weighted by Gasteiger charge is 2.21. The van der Waals surface area contributed by atoms with Crippen LogP contribution in [-0.2, 0) is 0 Å². The first-order chi connectivity index (χ1) is 8.84. The molecule has 5 heteroatoms. The lowest BCUT2D eigenvalue weighted by Gasteiger charge is -2.04. The van der Waals surface area contributed by atoms with Crippen LogP contribution in [0, 0.1) is 6.92 Å². The van der Waals surface area contributed by atoms with E-state index in [2.05, 4.69) is 0 Å². The van der Waals surface area contributed by atoms with Crippen LogP contribution in [0.15, 0.2) is 12.1 Å². The molecule has 1 aromatic heterocycles. The molecule has 0 atom stereocenters. The number of carbonyl (C=O) groups is 3. The van der Waals surface area contributed by atoms with Gasteiger partial charge in [0.1, 0.15) is 4.88 Å². The highest BCUT2D eigenvalue weighted by atomic mass is 32.1. The minimum absolute atomic E-state index is 0.140. The van der Waals surface area contributed by atoms with Crippen molar-refractivity contribution in [2.45, 2.75) is 20.8 Å². The summed E-state index contributed by atoms with van der Waals surface area (Å²) in [6, 6.07) is 3.18. The van der Waals surface area contributed by atoms with E-state index in [1.807, 2.05) is 0 Å². The van der Waals surface area contributed by atoms with Crippen molar-refractivity contribution in [2.24, 2.45) is 0 Å². The molecule has 2 rings (SSSR count). The second kappa shape index (κ2) is 4.59. The fourth-order valence-corrected chi connectivity index (χ4v) is 3.36. The molecule has 0 unspecified atom stereocenters. The third-order valence-corrected chi connectivity index (χ3v) is 4.34. The van der Waals surface area contributed by atoms with Crippen LogP contribution in [0.1, 0.15) is 49.8 Å². The summed E-state index contributed by atoms with van der Waals surface area (Å²) in [6.45, 7) is 4.52. The number of carbonyl (C=O) groups excluding carboxylic acids is 2. The smallest absolute Gasteiger partial charge is 0.346 e. The maximum atomic E-state index is 11.6. The summed E-state index contributed by atoms with van der Waals surface area (Å²) in [5, 5.41) is 9.75. The Balaban J connectivity index is 2.98. The average Bonchev–Trinajstić information content (AvgIpc) is 2.66. The van der Waals surface area contributed by atoms with Crippen LogP contribution in [0.3, 0.4) is 0 Å². The third-order valence-electron chi connectivity index (χ3n) is 3.03. The van der Waals surface area contributed by atoms with Crippen molar-refractivity contribution in [1.82, 2.24) is 0 Å². The normalized spacial score (nSPS) is 10.7. The van der Waals surface area contributed by atoms with E-state index in [0.29, 0.717) is 26.8 Å². The van der Waals surface area contributed by atoms with Gasteiger partial charge < -0.3 is 5.11 Å². The molecule has 0 aliphatic carbocycles. The summed E-state index contributed by atoms with van der Waals surface area (Å²) in [5.41, 5.74) is 1.46. The number of Topliss-reactive ketones (excluding diaryl/α,β-unsaturated/α-hetero) is 2. The highest BCUT2D eigenvalue weighted by Crippen LogP contribution is 2.36. The predicted molar refractivity (Wildman–Crippen MR) is 73.5 cm³/mol. The van der Waals surface area contributed by atoms with Crippen molar-refractivity contribution in [1.29, 1.82) is 0 Å². The van der Waals surface area contributed by atoms with Gasteiger partial charge in [0.15, 0.2) is 11.6 Å². The number of benzene rings is 1. The molecule has 0 radical (unpaired) electrons. The zero-order valence-electron chi connectivity index (χ0n) is 10.7. The summed E-state index contributed by atoms with van der Waals surface area (Å²) in [7, 11) is 0. The molecule has 2 aromatic rings. The molecule has 0 saturated carbocycles. The van der Waals surface area contributed by atoms with Crippen LogP contribution in [0.5, 0.6) is 0 Å². The Morgan fingerprint density at radius 3 is 2.05 bits per heavy atom. The number of thiophene rings is 1. The van der Waals surface area contributed by atoms with Gasteiger partial charge in [-0.3, -0.25) is 9.59 Å². The lowest BCUT2D eigenvalue weighted by Crippen LogP contribution is -1.99. The van der Waals surface area contributed by atoms with Gasteiger partial charge in [-0.1, -0.05) is 0 Å². The van der Waals surface area contributed by atoms with E-state index in [9.17, 15) is 14.4 Å². The average molecular weight is 276 g/mol. The Morgan fingerprint density at radius 1 is 1.05 bits per heavy atom. The van der Waals surface area contributed by atoms with Gasteiger partial charge in [-0.25, -0.2) is 4.79 Å². The monoisotopic (exact) mass is 276 g/mol. The lowest BCUT2D eigenvalue weighted by atomic mass is 9.99. The first kappa shape index (κ1) is 13.4. The minimum Gasteiger partial charge on any atom is -0.477 e. The second-order valence-corrected chi connectivity index (χ2v) is 5.36. The number of rotatable bonds is 3. The van der Waals surface area contributed by atoms with Crippen LogP contribution < -0.4 is 0 Å². The van der Waals surface area contributed by atoms with E-state index in [1.54, 1.807) is 19.1 Å². The molecule has 1 heterocycles. The van der Waals surface area contributed by atoms with Gasteiger partial charge in [-0.2, -0.15) is 0 Å². The molecule has 0 spiro atoms. The van der Waals surface area contributed by atoms with E-state index in [4.69, 9.17) is 5.11 Å². The molecule has 4 nitrogen and oxygen atoms in total. The van der Waals surface area contributed by atoms with Crippen molar-refractivity contribution in [2.75, 3.05) is 0 Å². The first-order valence-electron chi connectivity index (χ1n) is 5.65. The molecular formula is C14H12O4S. The molecule has 0 saturated heterocycles. The minimum atomic E-state index is -1.04. The topological polar surface area (TPSA) is 71.4 Å². The Hall–Kier alpha value is -2.01. The van der Waals surface area contributed by atoms with Crippen molar-refractivity contribution >= 4 is 39.0 Å². The molecule has 0 aliphatic rings. The first-order valence-corrected chi connectivity index (χ1v) is 6.47. The van der Waals surface area contributed by atoms with Crippen molar-refractivity contribution in [3.8, 4) is 0 Å². The van der Waals surface area contributed by atoms with Gasteiger partial charge in [-0.05, 0) is 38.5 Å². The van der Waals surface area contributed by atoms with Crippen molar-refractivity contribution < 1.29 is 19.5 Å². The molecule has 0 bridgehead atoms. The third kappa shape index (κ3) is 2.06. The van der Waals surface area contributed by atoms with Crippen LogP contribution in [0.2, 0.25) is 0 Å². The summed E-state index contributed by atoms with van der Waals surface area (Å²) >= 11 is 1.05.